The number of ether oxygens (including phenoxy) is 1. The molecule has 2 aromatic rings. The lowest BCUT2D eigenvalue weighted by atomic mass is 10.3. The van der Waals surface area contributed by atoms with Crippen molar-refractivity contribution in [2.75, 3.05) is 6.61 Å². The molecule has 2 aromatic heterocycles. The zero-order valence-corrected chi connectivity index (χ0v) is 10.4. The first kappa shape index (κ1) is 12.0. The van der Waals surface area contributed by atoms with E-state index in [1.54, 1.807) is 23.6 Å². The van der Waals surface area contributed by atoms with E-state index < -0.39 is 0 Å². The standard InChI is InChI=1S/C12H14N2O2S/c1-9-12(17-8-14-9)4-6-16-11-3-2-5-13-10(11)7-15/h2-3,5,8,15H,4,6-7H2,1H3. The lowest BCUT2D eigenvalue weighted by molar-refractivity contribution is 0.258. The van der Waals surface area contributed by atoms with Crippen molar-refractivity contribution in [1.82, 2.24) is 9.97 Å². The van der Waals surface area contributed by atoms with Crippen LogP contribution in [0.4, 0.5) is 0 Å². The van der Waals surface area contributed by atoms with Crippen molar-refractivity contribution in [2.24, 2.45) is 0 Å². The van der Waals surface area contributed by atoms with Gasteiger partial charge in [-0.1, -0.05) is 0 Å². The van der Waals surface area contributed by atoms with Gasteiger partial charge in [-0.05, 0) is 19.1 Å². The van der Waals surface area contributed by atoms with Crippen LogP contribution in [0.5, 0.6) is 5.75 Å². The van der Waals surface area contributed by atoms with E-state index in [1.807, 2.05) is 18.5 Å². The van der Waals surface area contributed by atoms with Crippen molar-refractivity contribution in [1.29, 1.82) is 0 Å². The van der Waals surface area contributed by atoms with Crippen molar-refractivity contribution in [2.45, 2.75) is 20.0 Å². The van der Waals surface area contributed by atoms with Crippen LogP contribution in [-0.4, -0.2) is 21.7 Å². The van der Waals surface area contributed by atoms with Crippen molar-refractivity contribution in [3.05, 3.63) is 40.1 Å². The first-order chi connectivity index (χ1) is 8.31. The first-order valence-corrected chi connectivity index (χ1v) is 6.25. The summed E-state index contributed by atoms with van der Waals surface area (Å²) in [5, 5.41) is 9.10. The molecule has 4 nitrogen and oxygen atoms in total. The molecule has 0 aliphatic carbocycles. The number of nitrogens with zero attached hydrogens (tertiary/aromatic N) is 2. The van der Waals surface area contributed by atoms with E-state index in [4.69, 9.17) is 9.84 Å². The van der Waals surface area contributed by atoms with Crippen molar-refractivity contribution in [3.8, 4) is 5.75 Å². The molecule has 17 heavy (non-hydrogen) atoms. The number of rotatable bonds is 5. The summed E-state index contributed by atoms with van der Waals surface area (Å²) in [6, 6.07) is 3.62. The van der Waals surface area contributed by atoms with Crippen molar-refractivity contribution >= 4 is 11.3 Å². The van der Waals surface area contributed by atoms with Crippen molar-refractivity contribution in [3.63, 3.8) is 0 Å². The Labute approximate surface area is 104 Å². The van der Waals surface area contributed by atoms with Crippen LogP contribution in [0.3, 0.4) is 0 Å². The van der Waals surface area contributed by atoms with Crippen molar-refractivity contribution < 1.29 is 9.84 Å². The Balaban J connectivity index is 1.92. The van der Waals surface area contributed by atoms with Gasteiger partial charge in [0.2, 0.25) is 0 Å². The van der Waals surface area contributed by atoms with E-state index in [1.165, 1.54) is 4.88 Å². The predicted molar refractivity (Wildman–Crippen MR) is 66.2 cm³/mol. The Morgan fingerprint density at radius 1 is 1.41 bits per heavy atom. The van der Waals surface area contributed by atoms with E-state index in [0.29, 0.717) is 18.1 Å². The smallest absolute Gasteiger partial charge is 0.143 e. The van der Waals surface area contributed by atoms with Gasteiger partial charge in [-0.3, -0.25) is 4.98 Å². The zero-order valence-electron chi connectivity index (χ0n) is 9.59. The van der Waals surface area contributed by atoms with Crippen LogP contribution in [0.2, 0.25) is 0 Å². The van der Waals surface area contributed by atoms with Gasteiger partial charge in [-0.2, -0.15) is 0 Å². The lowest BCUT2D eigenvalue weighted by Crippen LogP contribution is -2.04. The van der Waals surface area contributed by atoms with Crippen LogP contribution in [0.25, 0.3) is 0 Å². The number of aromatic nitrogens is 2. The summed E-state index contributed by atoms with van der Waals surface area (Å²) in [5.74, 6) is 0.650. The number of hydrogen-bond acceptors (Lipinski definition) is 5. The molecule has 0 fully saturated rings. The molecule has 5 heteroatoms. The van der Waals surface area contributed by atoms with E-state index >= 15 is 0 Å². The average Bonchev–Trinajstić information content (AvgIpc) is 2.76. The van der Waals surface area contributed by atoms with Crippen LogP contribution < -0.4 is 4.74 Å². The molecule has 0 saturated heterocycles. The molecule has 2 heterocycles. The molecule has 0 unspecified atom stereocenters. The summed E-state index contributed by atoms with van der Waals surface area (Å²) in [4.78, 5) is 9.47. The quantitative estimate of drug-likeness (QED) is 0.881. The molecule has 90 valence electrons. The maximum absolute atomic E-state index is 9.10. The number of thiazole rings is 1. The molecule has 2 rings (SSSR count). The summed E-state index contributed by atoms with van der Waals surface area (Å²) in [6.45, 7) is 2.46. The highest BCUT2D eigenvalue weighted by atomic mass is 32.1. The molecule has 0 aromatic carbocycles. The molecular formula is C12H14N2O2S. The fourth-order valence-corrected chi connectivity index (χ4v) is 2.26. The second kappa shape index (κ2) is 5.75. The van der Waals surface area contributed by atoms with Gasteiger partial charge in [0.15, 0.2) is 0 Å². The highest BCUT2D eigenvalue weighted by molar-refractivity contribution is 7.09. The predicted octanol–water partition coefficient (Wildman–Crippen LogP) is 1.96. The SMILES string of the molecule is Cc1ncsc1CCOc1cccnc1CO. The van der Waals surface area contributed by atoms with Gasteiger partial charge < -0.3 is 9.84 Å². The van der Waals surface area contributed by atoms with Crippen LogP contribution in [0.1, 0.15) is 16.3 Å². The molecule has 0 aliphatic heterocycles. The minimum Gasteiger partial charge on any atom is -0.491 e. The number of aryl methyl sites for hydroxylation is 1. The highest BCUT2D eigenvalue weighted by Crippen LogP contribution is 2.17. The van der Waals surface area contributed by atoms with E-state index in [0.717, 1.165) is 12.1 Å². The number of aliphatic hydroxyl groups excluding tert-OH is 1. The molecule has 0 radical (unpaired) electrons. The molecular weight excluding hydrogens is 236 g/mol. The van der Waals surface area contributed by atoms with Gasteiger partial charge in [0.05, 0.1) is 24.4 Å². The summed E-state index contributed by atoms with van der Waals surface area (Å²) in [5.41, 5.74) is 3.48. The normalized spacial score (nSPS) is 10.5. The molecule has 0 atom stereocenters. The van der Waals surface area contributed by atoms with Crippen LogP contribution in [0, 0.1) is 6.92 Å². The van der Waals surface area contributed by atoms with E-state index in [2.05, 4.69) is 9.97 Å². The number of pyridine rings is 1. The fraction of sp³-hybridized carbons (Fsp3) is 0.333. The Morgan fingerprint density at radius 2 is 2.29 bits per heavy atom. The maximum Gasteiger partial charge on any atom is 0.143 e. The Hall–Kier alpha value is -1.46. The molecule has 0 aliphatic rings. The van der Waals surface area contributed by atoms with Crippen LogP contribution >= 0.6 is 11.3 Å². The Kier molecular flexibility index (Phi) is 4.06. The number of aliphatic hydroxyl groups is 1. The molecule has 0 saturated carbocycles. The van der Waals surface area contributed by atoms with Gasteiger partial charge in [0.1, 0.15) is 11.4 Å². The Bertz CT molecular complexity index is 485. The molecule has 0 spiro atoms. The van der Waals surface area contributed by atoms with Gasteiger partial charge in [-0.25, -0.2) is 4.98 Å². The summed E-state index contributed by atoms with van der Waals surface area (Å²) in [6.07, 6.45) is 2.47. The third kappa shape index (κ3) is 3.01. The van der Waals surface area contributed by atoms with Gasteiger partial charge >= 0.3 is 0 Å². The maximum atomic E-state index is 9.10. The van der Waals surface area contributed by atoms with E-state index in [9.17, 15) is 0 Å². The summed E-state index contributed by atoms with van der Waals surface area (Å²) in [7, 11) is 0. The van der Waals surface area contributed by atoms with Crippen LogP contribution in [0.15, 0.2) is 23.8 Å². The van der Waals surface area contributed by atoms with E-state index in [-0.39, 0.29) is 6.61 Å². The second-order valence-electron chi connectivity index (χ2n) is 3.57. The van der Waals surface area contributed by atoms with Gasteiger partial charge in [-0.15, -0.1) is 11.3 Å². The molecule has 1 N–H and O–H groups in total. The Morgan fingerprint density at radius 3 is 3.00 bits per heavy atom. The zero-order chi connectivity index (χ0) is 12.1. The third-order valence-electron chi connectivity index (χ3n) is 2.43. The highest BCUT2D eigenvalue weighted by Gasteiger charge is 2.05. The summed E-state index contributed by atoms with van der Waals surface area (Å²) < 4.78 is 5.61. The molecule has 0 bridgehead atoms. The third-order valence-corrected chi connectivity index (χ3v) is 3.42. The number of hydrogen-bond donors (Lipinski definition) is 1. The fourth-order valence-electron chi connectivity index (χ4n) is 1.49. The average molecular weight is 250 g/mol. The van der Waals surface area contributed by atoms with Gasteiger partial charge in [0.25, 0.3) is 0 Å². The molecule has 0 amide bonds. The minimum atomic E-state index is -0.101. The second-order valence-corrected chi connectivity index (χ2v) is 4.51. The first-order valence-electron chi connectivity index (χ1n) is 5.37. The monoisotopic (exact) mass is 250 g/mol. The van der Waals surface area contributed by atoms with Crippen LogP contribution in [-0.2, 0) is 13.0 Å². The van der Waals surface area contributed by atoms with Gasteiger partial charge in [0, 0.05) is 17.5 Å². The minimum absolute atomic E-state index is 0.101. The summed E-state index contributed by atoms with van der Waals surface area (Å²) >= 11 is 1.64. The topological polar surface area (TPSA) is 55.2 Å². The lowest BCUT2D eigenvalue weighted by Gasteiger charge is -2.08. The largest absolute Gasteiger partial charge is 0.491 e.